The van der Waals surface area contributed by atoms with Crippen molar-refractivity contribution in [2.24, 2.45) is 11.7 Å². The third-order valence-electron chi connectivity index (χ3n) is 3.43. The number of halogens is 2. The Kier molecular flexibility index (Phi) is 4.15. The van der Waals surface area contributed by atoms with E-state index in [1.807, 2.05) is 4.90 Å². The van der Waals surface area contributed by atoms with Crippen molar-refractivity contribution in [3.05, 3.63) is 33.8 Å². The van der Waals surface area contributed by atoms with Crippen molar-refractivity contribution in [1.29, 1.82) is 0 Å². The second kappa shape index (κ2) is 5.47. The van der Waals surface area contributed by atoms with Crippen molar-refractivity contribution in [3.63, 3.8) is 0 Å². The van der Waals surface area contributed by atoms with E-state index in [4.69, 9.17) is 28.9 Å². The Morgan fingerprint density at radius 2 is 2.11 bits per heavy atom. The molecule has 3 nitrogen and oxygen atoms in total. The lowest BCUT2D eigenvalue weighted by atomic mass is 9.94. The number of amides is 1. The number of nitrogens with zero attached hydrogens (tertiary/aromatic N) is 1. The predicted molar refractivity (Wildman–Crippen MR) is 74.1 cm³/mol. The molecule has 98 valence electrons. The van der Waals surface area contributed by atoms with E-state index in [9.17, 15) is 4.79 Å². The molecule has 0 aliphatic carbocycles. The summed E-state index contributed by atoms with van der Waals surface area (Å²) in [4.78, 5) is 14.1. The zero-order chi connectivity index (χ0) is 13.3. The highest BCUT2D eigenvalue weighted by Gasteiger charge is 2.26. The summed E-state index contributed by atoms with van der Waals surface area (Å²) in [5.41, 5.74) is 6.52. The highest BCUT2D eigenvalue weighted by molar-refractivity contribution is 6.42. The summed E-state index contributed by atoms with van der Waals surface area (Å²) in [5, 5.41) is 0.867. The Hall–Kier alpha value is -0.770. The van der Waals surface area contributed by atoms with Gasteiger partial charge in [0.25, 0.3) is 5.91 Å². The van der Waals surface area contributed by atoms with Crippen molar-refractivity contribution >= 4 is 29.1 Å². The van der Waals surface area contributed by atoms with Gasteiger partial charge in [-0.1, -0.05) is 30.1 Å². The molecule has 1 saturated heterocycles. The van der Waals surface area contributed by atoms with Gasteiger partial charge in [-0.05, 0) is 30.5 Å². The maximum Gasteiger partial charge on any atom is 0.253 e. The number of hydrogen-bond donors (Lipinski definition) is 1. The summed E-state index contributed by atoms with van der Waals surface area (Å²) in [6.45, 7) is 3.46. The normalized spacial score (nSPS) is 24.1. The molecule has 1 fully saturated rings. The van der Waals surface area contributed by atoms with Gasteiger partial charge >= 0.3 is 0 Å². The number of hydrogen-bond acceptors (Lipinski definition) is 2. The van der Waals surface area contributed by atoms with E-state index in [0.29, 0.717) is 34.6 Å². The van der Waals surface area contributed by atoms with Crippen LogP contribution in [0.5, 0.6) is 0 Å². The number of likely N-dealkylation sites (tertiary alicyclic amines) is 1. The van der Waals surface area contributed by atoms with Gasteiger partial charge in [-0.3, -0.25) is 4.79 Å². The first-order chi connectivity index (χ1) is 8.49. The molecule has 2 unspecified atom stereocenters. The van der Waals surface area contributed by atoms with Crippen LogP contribution in [0.1, 0.15) is 23.7 Å². The van der Waals surface area contributed by atoms with Crippen LogP contribution < -0.4 is 5.73 Å². The molecule has 1 aromatic rings. The fourth-order valence-corrected chi connectivity index (χ4v) is 2.46. The number of carbonyl (C=O) groups is 1. The molecule has 0 spiro atoms. The maximum atomic E-state index is 12.3. The standard InChI is InChI=1S/C13H16Cl2N2O/c1-8-7-17(5-4-12(8)16)13(18)9-2-3-10(14)11(15)6-9/h2-3,6,8,12H,4-5,7,16H2,1H3. The highest BCUT2D eigenvalue weighted by atomic mass is 35.5. The van der Waals surface area contributed by atoms with Crippen molar-refractivity contribution in [2.45, 2.75) is 19.4 Å². The Labute approximate surface area is 117 Å². The molecular weight excluding hydrogens is 271 g/mol. The van der Waals surface area contributed by atoms with Gasteiger partial charge in [0.15, 0.2) is 0 Å². The number of benzene rings is 1. The molecular formula is C13H16Cl2N2O. The van der Waals surface area contributed by atoms with E-state index in [1.54, 1.807) is 18.2 Å². The average molecular weight is 287 g/mol. The Morgan fingerprint density at radius 3 is 2.72 bits per heavy atom. The molecule has 0 aromatic heterocycles. The summed E-state index contributed by atoms with van der Waals surface area (Å²) >= 11 is 11.8. The molecule has 1 heterocycles. The molecule has 5 heteroatoms. The van der Waals surface area contributed by atoms with Crippen LogP contribution in [0.4, 0.5) is 0 Å². The largest absolute Gasteiger partial charge is 0.338 e. The summed E-state index contributed by atoms with van der Waals surface area (Å²) < 4.78 is 0. The number of nitrogens with two attached hydrogens (primary N) is 1. The van der Waals surface area contributed by atoms with Crippen LogP contribution in [0, 0.1) is 5.92 Å². The van der Waals surface area contributed by atoms with Crippen molar-refractivity contribution in [2.75, 3.05) is 13.1 Å². The van der Waals surface area contributed by atoms with Crippen LogP contribution in [0.15, 0.2) is 18.2 Å². The lowest BCUT2D eigenvalue weighted by Crippen LogP contribution is -2.48. The van der Waals surface area contributed by atoms with Crippen LogP contribution in [0.3, 0.4) is 0 Å². The number of piperidine rings is 1. The van der Waals surface area contributed by atoms with E-state index in [0.717, 1.165) is 6.42 Å². The first kappa shape index (κ1) is 13.7. The lowest BCUT2D eigenvalue weighted by molar-refractivity contribution is 0.0664. The fourth-order valence-electron chi connectivity index (χ4n) is 2.16. The van der Waals surface area contributed by atoms with Crippen LogP contribution in [-0.2, 0) is 0 Å². The van der Waals surface area contributed by atoms with E-state index in [1.165, 1.54) is 0 Å². The van der Waals surface area contributed by atoms with Gasteiger partial charge in [-0.25, -0.2) is 0 Å². The Morgan fingerprint density at radius 1 is 1.39 bits per heavy atom. The molecule has 1 aromatic carbocycles. The van der Waals surface area contributed by atoms with Gasteiger partial charge in [0, 0.05) is 24.7 Å². The molecule has 0 bridgehead atoms. The van der Waals surface area contributed by atoms with Crippen LogP contribution in [-0.4, -0.2) is 29.9 Å². The van der Waals surface area contributed by atoms with Gasteiger partial charge in [0.2, 0.25) is 0 Å². The van der Waals surface area contributed by atoms with Crippen LogP contribution >= 0.6 is 23.2 Å². The number of carbonyl (C=O) groups excluding carboxylic acids is 1. The molecule has 2 atom stereocenters. The highest BCUT2D eigenvalue weighted by Crippen LogP contribution is 2.24. The zero-order valence-corrected chi connectivity index (χ0v) is 11.7. The fraction of sp³-hybridized carbons (Fsp3) is 0.462. The molecule has 1 amide bonds. The van der Waals surface area contributed by atoms with E-state index in [2.05, 4.69) is 6.92 Å². The third kappa shape index (κ3) is 2.79. The van der Waals surface area contributed by atoms with Crippen LogP contribution in [0.25, 0.3) is 0 Å². The monoisotopic (exact) mass is 286 g/mol. The SMILES string of the molecule is CC1CN(C(=O)c2ccc(Cl)c(Cl)c2)CCC1N. The summed E-state index contributed by atoms with van der Waals surface area (Å²) in [7, 11) is 0. The van der Waals surface area contributed by atoms with Crippen molar-refractivity contribution in [1.82, 2.24) is 4.90 Å². The van der Waals surface area contributed by atoms with E-state index >= 15 is 0 Å². The maximum absolute atomic E-state index is 12.3. The Balaban J connectivity index is 2.14. The first-order valence-electron chi connectivity index (χ1n) is 5.99. The molecule has 18 heavy (non-hydrogen) atoms. The molecule has 1 aliphatic heterocycles. The minimum absolute atomic E-state index is 0.00711. The quantitative estimate of drug-likeness (QED) is 0.863. The first-order valence-corrected chi connectivity index (χ1v) is 6.74. The van der Waals surface area contributed by atoms with Crippen molar-refractivity contribution < 1.29 is 4.79 Å². The average Bonchev–Trinajstić information content (AvgIpc) is 2.35. The smallest absolute Gasteiger partial charge is 0.253 e. The summed E-state index contributed by atoms with van der Waals surface area (Å²) in [6.07, 6.45) is 0.841. The summed E-state index contributed by atoms with van der Waals surface area (Å²) in [6, 6.07) is 5.15. The van der Waals surface area contributed by atoms with Gasteiger partial charge in [0.1, 0.15) is 0 Å². The second-order valence-electron chi connectivity index (χ2n) is 4.81. The minimum Gasteiger partial charge on any atom is -0.338 e. The van der Waals surface area contributed by atoms with Crippen molar-refractivity contribution in [3.8, 4) is 0 Å². The van der Waals surface area contributed by atoms with Gasteiger partial charge in [-0.15, -0.1) is 0 Å². The second-order valence-corrected chi connectivity index (χ2v) is 5.62. The molecule has 0 radical (unpaired) electrons. The zero-order valence-electron chi connectivity index (χ0n) is 10.2. The third-order valence-corrected chi connectivity index (χ3v) is 4.16. The van der Waals surface area contributed by atoms with E-state index < -0.39 is 0 Å². The predicted octanol–water partition coefficient (Wildman–Crippen LogP) is 2.80. The number of rotatable bonds is 1. The summed E-state index contributed by atoms with van der Waals surface area (Å²) in [5.74, 6) is 0.317. The molecule has 2 rings (SSSR count). The Bertz CT molecular complexity index is 464. The van der Waals surface area contributed by atoms with Gasteiger partial charge in [-0.2, -0.15) is 0 Å². The van der Waals surface area contributed by atoms with Gasteiger partial charge in [0.05, 0.1) is 10.0 Å². The van der Waals surface area contributed by atoms with Gasteiger partial charge < -0.3 is 10.6 Å². The molecule has 2 N–H and O–H groups in total. The molecule has 0 saturated carbocycles. The lowest BCUT2D eigenvalue weighted by Gasteiger charge is -2.35. The van der Waals surface area contributed by atoms with E-state index in [-0.39, 0.29) is 11.9 Å². The minimum atomic E-state index is -0.00711. The topological polar surface area (TPSA) is 46.3 Å². The molecule has 1 aliphatic rings. The van der Waals surface area contributed by atoms with Crippen LogP contribution in [0.2, 0.25) is 10.0 Å².